The monoisotopic (exact) mass is 339 g/mol. The molecule has 0 aliphatic carbocycles. The van der Waals surface area contributed by atoms with E-state index in [1.807, 2.05) is 0 Å². The average Bonchev–Trinajstić information content (AvgIpc) is 2.63. The van der Waals surface area contributed by atoms with Gasteiger partial charge in [-0.1, -0.05) is 28.9 Å². The fourth-order valence-electron chi connectivity index (χ4n) is 3.04. The third-order valence-corrected chi connectivity index (χ3v) is 4.69. The van der Waals surface area contributed by atoms with Crippen molar-refractivity contribution < 1.29 is 0 Å². The topological polar surface area (TPSA) is 41.3 Å². The fraction of sp³-hybridized carbons (Fsp3) is 0.625. The van der Waals surface area contributed by atoms with Gasteiger partial charge in [-0.2, -0.15) is 0 Å². The number of rotatable bonds is 5. The van der Waals surface area contributed by atoms with Crippen LogP contribution in [0, 0.1) is 0 Å². The van der Waals surface area contributed by atoms with Crippen LogP contribution in [0.15, 0.2) is 28.7 Å². The maximum atomic E-state index is 6.12. The van der Waals surface area contributed by atoms with Gasteiger partial charge in [0.1, 0.15) is 0 Å². The van der Waals surface area contributed by atoms with E-state index in [0.717, 1.165) is 29.5 Å². The van der Waals surface area contributed by atoms with Crippen LogP contribution in [0.2, 0.25) is 0 Å². The summed E-state index contributed by atoms with van der Waals surface area (Å²) in [6.07, 6.45) is 4.72. The molecular formula is C16H26BrN3. The minimum atomic E-state index is 0.0449. The summed E-state index contributed by atoms with van der Waals surface area (Å²) in [5, 5.41) is 3.71. The molecule has 0 amide bonds. The summed E-state index contributed by atoms with van der Waals surface area (Å²) in [7, 11) is 0. The van der Waals surface area contributed by atoms with E-state index >= 15 is 0 Å². The number of hydrogen-bond acceptors (Lipinski definition) is 3. The molecule has 20 heavy (non-hydrogen) atoms. The molecule has 3 N–H and O–H groups in total. The normalized spacial score (nSPS) is 24.4. The molecule has 1 aliphatic rings. The minimum Gasteiger partial charge on any atom is -0.378 e. The molecule has 1 atom stereocenters. The van der Waals surface area contributed by atoms with E-state index in [9.17, 15) is 0 Å². The number of nitrogens with zero attached hydrogens (tertiary/aromatic N) is 1. The third-order valence-electron chi connectivity index (χ3n) is 4.20. The number of nitrogens with one attached hydrogen (secondary N) is 1. The van der Waals surface area contributed by atoms with Gasteiger partial charge in [0.2, 0.25) is 0 Å². The number of likely N-dealkylation sites (tertiary alicyclic amines) is 1. The van der Waals surface area contributed by atoms with Crippen molar-refractivity contribution in [2.24, 2.45) is 5.73 Å². The Morgan fingerprint density at radius 1 is 1.35 bits per heavy atom. The Labute approximate surface area is 131 Å². The van der Waals surface area contributed by atoms with E-state index in [-0.39, 0.29) is 5.54 Å². The van der Waals surface area contributed by atoms with Crippen LogP contribution in [0.1, 0.15) is 32.6 Å². The lowest BCUT2D eigenvalue weighted by Gasteiger charge is -2.34. The van der Waals surface area contributed by atoms with Crippen LogP contribution in [0.25, 0.3) is 0 Å². The average molecular weight is 340 g/mol. The Hall–Kier alpha value is -0.580. The Morgan fingerprint density at radius 3 is 2.90 bits per heavy atom. The maximum absolute atomic E-state index is 6.12. The summed E-state index contributed by atoms with van der Waals surface area (Å²) < 4.78 is 1.11. The molecule has 1 aromatic carbocycles. The molecule has 2 rings (SSSR count). The van der Waals surface area contributed by atoms with Gasteiger partial charge in [0.05, 0.1) is 5.54 Å². The van der Waals surface area contributed by atoms with Gasteiger partial charge in [-0.25, -0.2) is 0 Å². The second kappa shape index (κ2) is 7.43. The molecule has 1 heterocycles. The largest absolute Gasteiger partial charge is 0.378 e. The van der Waals surface area contributed by atoms with Gasteiger partial charge in [-0.3, -0.25) is 0 Å². The molecule has 0 radical (unpaired) electrons. The first-order valence-corrected chi connectivity index (χ1v) is 8.43. The van der Waals surface area contributed by atoms with Crippen molar-refractivity contribution in [3.8, 4) is 0 Å². The van der Waals surface area contributed by atoms with Gasteiger partial charge in [0, 0.05) is 23.2 Å². The van der Waals surface area contributed by atoms with Crippen molar-refractivity contribution in [2.75, 3.05) is 31.5 Å². The van der Waals surface area contributed by atoms with Crippen molar-refractivity contribution in [3.05, 3.63) is 28.7 Å². The molecule has 3 nitrogen and oxygen atoms in total. The molecule has 112 valence electrons. The molecule has 1 fully saturated rings. The van der Waals surface area contributed by atoms with Gasteiger partial charge < -0.3 is 16.0 Å². The lowest BCUT2D eigenvalue weighted by molar-refractivity contribution is 0.279. The quantitative estimate of drug-likeness (QED) is 0.863. The first-order chi connectivity index (χ1) is 9.67. The number of benzene rings is 1. The smallest absolute Gasteiger partial charge is 0.0508 e. The molecule has 1 aromatic rings. The van der Waals surface area contributed by atoms with Gasteiger partial charge >= 0.3 is 0 Å². The number of hydrogen-bond donors (Lipinski definition) is 2. The van der Waals surface area contributed by atoms with E-state index in [1.165, 1.54) is 25.9 Å². The van der Waals surface area contributed by atoms with Crippen LogP contribution in [0.5, 0.6) is 0 Å². The zero-order valence-corrected chi connectivity index (χ0v) is 14.0. The molecule has 1 saturated heterocycles. The molecule has 1 unspecified atom stereocenters. The van der Waals surface area contributed by atoms with Crippen molar-refractivity contribution in [1.82, 2.24) is 4.90 Å². The first kappa shape index (κ1) is 15.8. The summed E-state index contributed by atoms with van der Waals surface area (Å²) in [6, 6.07) is 8.37. The highest BCUT2D eigenvalue weighted by Gasteiger charge is 2.31. The van der Waals surface area contributed by atoms with E-state index in [4.69, 9.17) is 5.73 Å². The van der Waals surface area contributed by atoms with Crippen molar-refractivity contribution in [1.29, 1.82) is 0 Å². The van der Waals surface area contributed by atoms with Gasteiger partial charge in [0.25, 0.3) is 0 Å². The summed E-state index contributed by atoms with van der Waals surface area (Å²) in [4.78, 5) is 2.57. The second-order valence-corrected chi connectivity index (χ2v) is 6.73. The third kappa shape index (κ3) is 4.21. The van der Waals surface area contributed by atoms with Gasteiger partial charge in [-0.05, 0) is 57.0 Å². The molecule has 1 aliphatic heterocycles. The van der Waals surface area contributed by atoms with E-state index in [1.54, 1.807) is 0 Å². The number of anilines is 1. The highest BCUT2D eigenvalue weighted by atomic mass is 79.9. The maximum Gasteiger partial charge on any atom is 0.0508 e. The summed E-state index contributed by atoms with van der Waals surface area (Å²) in [5.74, 6) is 0. The predicted molar refractivity (Wildman–Crippen MR) is 90.1 cm³/mol. The van der Waals surface area contributed by atoms with Crippen LogP contribution >= 0.6 is 15.9 Å². The van der Waals surface area contributed by atoms with Crippen LogP contribution < -0.4 is 11.1 Å². The Kier molecular flexibility index (Phi) is 5.87. The minimum absolute atomic E-state index is 0.0449. The summed E-state index contributed by atoms with van der Waals surface area (Å²) in [5.41, 5.74) is 7.33. The summed E-state index contributed by atoms with van der Waals surface area (Å²) >= 11 is 3.53. The molecule has 0 bridgehead atoms. The second-order valence-electron chi connectivity index (χ2n) is 5.81. The first-order valence-electron chi connectivity index (χ1n) is 7.64. The lowest BCUT2D eigenvalue weighted by Crippen LogP contribution is -2.46. The van der Waals surface area contributed by atoms with Crippen molar-refractivity contribution in [3.63, 3.8) is 0 Å². The van der Waals surface area contributed by atoms with Gasteiger partial charge in [0.15, 0.2) is 0 Å². The zero-order chi connectivity index (χ0) is 14.4. The highest BCUT2D eigenvalue weighted by molar-refractivity contribution is 9.10. The van der Waals surface area contributed by atoms with Crippen LogP contribution in [0.4, 0.5) is 5.69 Å². The van der Waals surface area contributed by atoms with E-state index < -0.39 is 0 Å². The standard InChI is InChI=1S/C16H26BrN3/c1-2-9-20-10-4-7-16(13-18,8-11-20)19-15-6-3-5-14(17)12-15/h3,5-6,12,19H,2,4,7-11,13,18H2,1H3. The zero-order valence-electron chi connectivity index (χ0n) is 12.4. The van der Waals surface area contributed by atoms with E-state index in [0.29, 0.717) is 6.54 Å². The van der Waals surface area contributed by atoms with E-state index in [2.05, 4.69) is 57.3 Å². The van der Waals surface area contributed by atoms with Crippen LogP contribution in [0.3, 0.4) is 0 Å². The fourth-order valence-corrected chi connectivity index (χ4v) is 3.44. The number of halogens is 1. The van der Waals surface area contributed by atoms with Gasteiger partial charge in [-0.15, -0.1) is 0 Å². The SMILES string of the molecule is CCCN1CCCC(CN)(Nc2cccc(Br)c2)CC1. The molecule has 4 heteroatoms. The number of nitrogens with two attached hydrogens (primary N) is 1. The lowest BCUT2D eigenvalue weighted by atomic mass is 9.90. The molecular weight excluding hydrogens is 314 g/mol. The van der Waals surface area contributed by atoms with Crippen LogP contribution in [-0.2, 0) is 0 Å². The van der Waals surface area contributed by atoms with Crippen molar-refractivity contribution in [2.45, 2.75) is 38.1 Å². The highest BCUT2D eigenvalue weighted by Crippen LogP contribution is 2.27. The van der Waals surface area contributed by atoms with Crippen LogP contribution in [-0.4, -0.2) is 36.6 Å². The molecule has 0 spiro atoms. The molecule has 0 saturated carbocycles. The Morgan fingerprint density at radius 2 is 2.20 bits per heavy atom. The van der Waals surface area contributed by atoms with Crippen molar-refractivity contribution >= 4 is 21.6 Å². The Balaban J connectivity index is 2.05. The summed E-state index contributed by atoms with van der Waals surface area (Å²) in [6.45, 7) is 6.50. The predicted octanol–water partition coefficient (Wildman–Crippen LogP) is 3.45. The molecule has 0 aromatic heterocycles. The Bertz CT molecular complexity index is 424.